The number of hydrogen-bond acceptors (Lipinski definition) is 3. The number of nitrogens with one attached hydrogen (secondary N) is 2. The minimum Gasteiger partial charge on any atom is -0.388 e. The Kier molecular flexibility index (Phi) is 6.42. The lowest BCUT2D eigenvalue weighted by molar-refractivity contribution is 0.00719. The van der Waals surface area contributed by atoms with Crippen LogP contribution in [0.15, 0.2) is 24.3 Å². The molecule has 1 aliphatic rings. The van der Waals surface area contributed by atoms with Gasteiger partial charge < -0.3 is 20.6 Å². The quantitative estimate of drug-likeness (QED) is 0.753. The molecule has 5 nitrogen and oxygen atoms in total. The molecule has 1 aromatic rings. The van der Waals surface area contributed by atoms with E-state index in [0.29, 0.717) is 13.1 Å². The van der Waals surface area contributed by atoms with Crippen LogP contribution < -0.4 is 10.6 Å². The Balaban J connectivity index is 1.71. The first-order chi connectivity index (χ1) is 11.0. The largest absolute Gasteiger partial charge is 0.388 e. The first-order valence-electron chi connectivity index (χ1n) is 8.43. The van der Waals surface area contributed by atoms with Crippen LogP contribution in [0.3, 0.4) is 0 Å². The van der Waals surface area contributed by atoms with Crippen LogP contribution in [0.4, 0.5) is 4.79 Å². The van der Waals surface area contributed by atoms with Crippen molar-refractivity contribution in [3.05, 3.63) is 35.4 Å². The summed E-state index contributed by atoms with van der Waals surface area (Å²) in [5, 5.41) is 16.0. The number of rotatable bonds is 6. The second-order valence-electron chi connectivity index (χ2n) is 6.88. The summed E-state index contributed by atoms with van der Waals surface area (Å²) in [7, 11) is 4.08. The molecule has 23 heavy (non-hydrogen) atoms. The smallest absolute Gasteiger partial charge is 0.315 e. The molecule has 0 spiro atoms. The van der Waals surface area contributed by atoms with Gasteiger partial charge in [-0.05, 0) is 38.1 Å². The van der Waals surface area contributed by atoms with Crippen molar-refractivity contribution in [1.82, 2.24) is 15.5 Å². The van der Waals surface area contributed by atoms with Gasteiger partial charge in [-0.1, -0.05) is 43.5 Å². The van der Waals surface area contributed by atoms with Crippen molar-refractivity contribution in [1.29, 1.82) is 0 Å². The maximum absolute atomic E-state index is 11.9. The fourth-order valence-electron chi connectivity index (χ4n) is 3.00. The van der Waals surface area contributed by atoms with Crippen LogP contribution in [0, 0.1) is 0 Å². The number of nitrogens with zero attached hydrogens (tertiary/aromatic N) is 1. The van der Waals surface area contributed by atoms with Gasteiger partial charge in [-0.3, -0.25) is 0 Å². The van der Waals surface area contributed by atoms with Gasteiger partial charge in [-0.15, -0.1) is 0 Å². The highest BCUT2D eigenvalue weighted by molar-refractivity contribution is 5.73. The summed E-state index contributed by atoms with van der Waals surface area (Å²) in [5.41, 5.74) is 1.60. The Labute approximate surface area is 139 Å². The molecule has 1 fully saturated rings. The molecule has 0 atom stereocenters. The lowest BCUT2D eigenvalue weighted by Gasteiger charge is -2.32. The Hall–Kier alpha value is -1.59. The van der Waals surface area contributed by atoms with Gasteiger partial charge in [-0.25, -0.2) is 4.79 Å². The van der Waals surface area contributed by atoms with Gasteiger partial charge in [0.25, 0.3) is 0 Å². The van der Waals surface area contributed by atoms with Gasteiger partial charge in [0.1, 0.15) is 0 Å². The molecular weight excluding hydrogens is 290 g/mol. The summed E-state index contributed by atoms with van der Waals surface area (Å²) < 4.78 is 0. The van der Waals surface area contributed by atoms with Crippen LogP contribution in [0.2, 0.25) is 0 Å². The molecule has 5 heteroatoms. The molecule has 0 heterocycles. The monoisotopic (exact) mass is 319 g/mol. The molecule has 128 valence electrons. The van der Waals surface area contributed by atoms with Crippen molar-refractivity contribution in [3.8, 4) is 0 Å². The molecule has 3 N–H and O–H groups in total. The number of carbonyl (C=O) groups excluding carboxylic acids is 1. The normalized spacial score (nSPS) is 17.0. The third-order valence-electron chi connectivity index (χ3n) is 4.34. The Morgan fingerprint density at radius 3 is 2.30 bits per heavy atom. The lowest BCUT2D eigenvalue weighted by atomic mass is 9.85. The Bertz CT molecular complexity index is 493. The molecule has 0 saturated heterocycles. The van der Waals surface area contributed by atoms with Gasteiger partial charge in [0.2, 0.25) is 0 Å². The molecule has 0 unspecified atom stereocenters. The Morgan fingerprint density at radius 1 is 1.09 bits per heavy atom. The summed E-state index contributed by atoms with van der Waals surface area (Å²) in [4.78, 5) is 14.0. The molecule has 1 aromatic carbocycles. The molecule has 0 aromatic heterocycles. The van der Waals surface area contributed by atoms with E-state index in [4.69, 9.17) is 0 Å². The molecule has 0 radical (unpaired) electrons. The van der Waals surface area contributed by atoms with Crippen molar-refractivity contribution in [3.63, 3.8) is 0 Å². The second-order valence-corrected chi connectivity index (χ2v) is 6.88. The molecule has 1 saturated carbocycles. The van der Waals surface area contributed by atoms with E-state index in [0.717, 1.165) is 37.8 Å². The molecule has 2 rings (SSSR count). The predicted octanol–water partition coefficient (Wildman–Crippen LogP) is 2.24. The average molecular weight is 319 g/mol. The second kappa shape index (κ2) is 8.31. The topological polar surface area (TPSA) is 64.6 Å². The number of aliphatic hydroxyl groups is 1. The van der Waals surface area contributed by atoms with E-state index in [2.05, 4.69) is 27.7 Å². The van der Waals surface area contributed by atoms with E-state index in [1.807, 2.05) is 26.2 Å². The van der Waals surface area contributed by atoms with Gasteiger partial charge in [-0.2, -0.15) is 0 Å². The minimum atomic E-state index is -0.719. The van der Waals surface area contributed by atoms with E-state index in [9.17, 15) is 9.90 Å². The summed E-state index contributed by atoms with van der Waals surface area (Å²) in [6.07, 6.45) is 4.82. The SMILES string of the molecule is CN(C)Cc1ccc(CNC(=O)NCC2(O)CCCCC2)cc1. The number of amides is 2. The van der Waals surface area contributed by atoms with Gasteiger partial charge in [0.15, 0.2) is 0 Å². The first kappa shape index (κ1) is 17.8. The standard InChI is InChI=1S/C18H29N3O2/c1-21(2)13-16-8-6-15(7-9-16)12-19-17(22)20-14-18(23)10-4-3-5-11-18/h6-9,23H,3-5,10-14H2,1-2H3,(H2,19,20,22). The summed E-state index contributed by atoms with van der Waals surface area (Å²) in [6, 6.07) is 8.02. The summed E-state index contributed by atoms with van der Waals surface area (Å²) in [5.74, 6) is 0. The van der Waals surface area contributed by atoms with Crippen molar-refractivity contribution in [2.75, 3.05) is 20.6 Å². The minimum absolute atomic E-state index is 0.221. The van der Waals surface area contributed by atoms with Crippen LogP contribution >= 0.6 is 0 Å². The van der Waals surface area contributed by atoms with Gasteiger partial charge >= 0.3 is 6.03 Å². The van der Waals surface area contributed by atoms with Crippen molar-refractivity contribution in [2.24, 2.45) is 0 Å². The summed E-state index contributed by atoms with van der Waals surface area (Å²) in [6.45, 7) is 1.74. The van der Waals surface area contributed by atoms with E-state index in [-0.39, 0.29) is 6.03 Å². The third-order valence-corrected chi connectivity index (χ3v) is 4.34. The van der Waals surface area contributed by atoms with Crippen LogP contribution in [0.5, 0.6) is 0 Å². The van der Waals surface area contributed by atoms with Gasteiger partial charge in [0, 0.05) is 19.6 Å². The zero-order chi connectivity index (χ0) is 16.7. The molecule has 2 amide bonds. The molecule has 0 aliphatic heterocycles. The zero-order valence-corrected chi connectivity index (χ0v) is 14.3. The van der Waals surface area contributed by atoms with Crippen molar-refractivity contribution < 1.29 is 9.90 Å². The fourth-order valence-corrected chi connectivity index (χ4v) is 3.00. The number of urea groups is 1. The maximum Gasteiger partial charge on any atom is 0.315 e. The van der Waals surface area contributed by atoms with E-state index in [1.165, 1.54) is 12.0 Å². The highest BCUT2D eigenvalue weighted by Crippen LogP contribution is 2.27. The average Bonchev–Trinajstić information content (AvgIpc) is 2.52. The highest BCUT2D eigenvalue weighted by Gasteiger charge is 2.29. The molecular formula is C18H29N3O2. The molecule has 0 bridgehead atoms. The molecule has 1 aliphatic carbocycles. The zero-order valence-electron chi connectivity index (χ0n) is 14.3. The number of benzene rings is 1. The number of hydrogen-bond donors (Lipinski definition) is 3. The highest BCUT2D eigenvalue weighted by atomic mass is 16.3. The first-order valence-corrected chi connectivity index (χ1v) is 8.43. The summed E-state index contributed by atoms with van der Waals surface area (Å²) >= 11 is 0. The van der Waals surface area contributed by atoms with E-state index >= 15 is 0 Å². The predicted molar refractivity (Wildman–Crippen MR) is 92.1 cm³/mol. The maximum atomic E-state index is 11.9. The van der Waals surface area contributed by atoms with Crippen molar-refractivity contribution >= 4 is 6.03 Å². The van der Waals surface area contributed by atoms with E-state index in [1.54, 1.807) is 0 Å². The Morgan fingerprint density at radius 2 is 1.70 bits per heavy atom. The van der Waals surface area contributed by atoms with Gasteiger partial charge in [0.05, 0.1) is 5.60 Å². The fraction of sp³-hybridized carbons (Fsp3) is 0.611. The lowest BCUT2D eigenvalue weighted by Crippen LogP contribution is -2.47. The van der Waals surface area contributed by atoms with Crippen LogP contribution in [0.25, 0.3) is 0 Å². The van der Waals surface area contributed by atoms with Crippen LogP contribution in [0.1, 0.15) is 43.2 Å². The van der Waals surface area contributed by atoms with Crippen molar-refractivity contribution in [2.45, 2.75) is 50.8 Å². The van der Waals surface area contributed by atoms with Crippen LogP contribution in [-0.2, 0) is 13.1 Å². The van der Waals surface area contributed by atoms with Crippen LogP contribution in [-0.4, -0.2) is 42.3 Å². The third kappa shape index (κ3) is 6.20. The number of carbonyl (C=O) groups is 1. The van der Waals surface area contributed by atoms with E-state index < -0.39 is 5.60 Å².